The highest BCUT2D eigenvalue weighted by molar-refractivity contribution is 6.19. The fourth-order valence-electron chi connectivity index (χ4n) is 7.10. The minimum Gasteiger partial charge on any atom is -0.455 e. The molecule has 10 rings (SSSR count). The predicted octanol–water partition coefficient (Wildman–Crippen LogP) is 14.4. The van der Waals surface area contributed by atoms with Gasteiger partial charge in [0.25, 0.3) is 0 Å². The van der Waals surface area contributed by atoms with Crippen LogP contribution in [0.2, 0.25) is 0 Å². The standard InChI is InChI=1S/C50H33NO/c1-2-11-34(12-3-1)36-23-28-41(29-24-36)51(42-30-25-37(26-31-42)40-22-21-35-13-4-5-15-39(35)33-40)47-19-9-8-17-44(47)45-18-10-20-48-49(45)46-32-27-38-14-6-7-16-43(38)50(46)52-48/h1-33H/i23D,24D,25D,26D,28D,29D,30D,31D. The van der Waals surface area contributed by atoms with Crippen LogP contribution in [0.1, 0.15) is 11.0 Å². The van der Waals surface area contributed by atoms with Gasteiger partial charge >= 0.3 is 0 Å². The van der Waals surface area contributed by atoms with Gasteiger partial charge in [-0.3, -0.25) is 0 Å². The molecule has 0 fully saturated rings. The highest BCUT2D eigenvalue weighted by Gasteiger charge is 2.21. The molecule has 0 aliphatic heterocycles. The first-order chi connectivity index (χ1) is 29.1. The van der Waals surface area contributed by atoms with Crippen molar-refractivity contribution < 1.29 is 15.4 Å². The van der Waals surface area contributed by atoms with E-state index in [1.54, 1.807) is 42.5 Å². The number of anilines is 3. The number of para-hydroxylation sites is 1. The van der Waals surface area contributed by atoms with E-state index in [1.165, 1.54) is 4.90 Å². The average Bonchev–Trinajstić information content (AvgIpc) is 3.67. The van der Waals surface area contributed by atoms with Crippen LogP contribution in [0.3, 0.4) is 0 Å². The molecule has 0 bridgehead atoms. The smallest absolute Gasteiger partial charge is 0.143 e. The van der Waals surface area contributed by atoms with Crippen LogP contribution in [0.4, 0.5) is 17.1 Å². The Morgan fingerprint density at radius 1 is 0.404 bits per heavy atom. The van der Waals surface area contributed by atoms with Gasteiger partial charge in [-0.05, 0) is 92.4 Å². The third kappa shape index (κ3) is 5.12. The summed E-state index contributed by atoms with van der Waals surface area (Å²) in [6, 6.07) is 44.1. The molecule has 1 heterocycles. The number of nitrogens with zero attached hydrogens (tertiary/aromatic N) is 1. The van der Waals surface area contributed by atoms with Crippen LogP contribution in [0.15, 0.2) is 204 Å². The lowest BCUT2D eigenvalue weighted by atomic mass is 9.96. The molecule has 0 aliphatic carbocycles. The van der Waals surface area contributed by atoms with Crippen molar-refractivity contribution in [3.05, 3.63) is 200 Å². The van der Waals surface area contributed by atoms with Crippen molar-refractivity contribution in [1.82, 2.24) is 0 Å². The average molecular weight is 672 g/mol. The van der Waals surface area contributed by atoms with Gasteiger partial charge in [0.15, 0.2) is 0 Å². The highest BCUT2D eigenvalue weighted by atomic mass is 16.3. The summed E-state index contributed by atoms with van der Waals surface area (Å²) in [5.74, 6) is 0. The van der Waals surface area contributed by atoms with E-state index >= 15 is 0 Å². The Bertz CT molecular complexity index is 3320. The summed E-state index contributed by atoms with van der Waals surface area (Å²) >= 11 is 0. The minimum absolute atomic E-state index is 0.105. The molecule has 0 saturated carbocycles. The minimum atomic E-state index is -0.406. The van der Waals surface area contributed by atoms with Crippen LogP contribution in [-0.4, -0.2) is 0 Å². The molecular weight excluding hydrogens is 631 g/mol. The quantitative estimate of drug-likeness (QED) is 0.175. The van der Waals surface area contributed by atoms with Crippen molar-refractivity contribution in [3.63, 3.8) is 0 Å². The Hall–Kier alpha value is -6.90. The highest BCUT2D eigenvalue weighted by Crippen LogP contribution is 2.46. The van der Waals surface area contributed by atoms with Gasteiger partial charge in [0.1, 0.15) is 11.2 Å². The summed E-state index contributed by atoms with van der Waals surface area (Å²) in [6.07, 6.45) is 0. The zero-order valence-corrected chi connectivity index (χ0v) is 27.8. The van der Waals surface area contributed by atoms with Crippen LogP contribution in [0.5, 0.6) is 0 Å². The maximum atomic E-state index is 9.64. The van der Waals surface area contributed by atoms with Crippen LogP contribution >= 0.6 is 0 Å². The molecule has 0 unspecified atom stereocenters. The van der Waals surface area contributed by atoms with Gasteiger partial charge in [-0.15, -0.1) is 0 Å². The Morgan fingerprint density at radius 2 is 1.02 bits per heavy atom. The summed E-state index contributed by atoms with van der Waals surface area (Å²) in [4.78, 5) is 1.38. The van der Waals surface area contributed by atoms with Crippen molar-refractivity contribution >= 4 is 60.5 Å². The lowest BCUT2D eigenvalue weighted by molar-refractivity contribution is 0.673. The molecule has 0 atom stereocenters. The molecule has 1 aromatic heterocycles. The van der Waals surface area contributed by atoms with Gasteiger partial charge in [0.05, 0.1) is 16.7 Å². The van der Waals surface area contributed by atoms with Crippen molar-refractivity contribution in [2.45, 2.75) is 0 Å². The Kier molecular flexibility index (Phi) is 5.45. The summed E-state index contributed by atoms with van der Waals surface area (Å²) in [7, 11) is 0. The maximum absolute atomic E-state index is 9.64. The second kappa shape index (κ2) is 12.5. The van der Waals surface area contributed by atoms with E-state index in [2.05, 4.69) is 0 Å². The van der Waals surface area contributed by atoms with Crippen LogP contribution in [0.25, 0.3) is 76.9 Å². The number of fused-ring (bicyclic) bond motifs is 6. The SMILES string of the molecule is [2H]c1c([2H])c(N(c2ccccc2-c2cccc3oc4c5ccccc5ccc4c23)c2c([2H])c([2H])c(-c3ccc4ccccc4c3)c([2H])c2[2H])c([2H])c([2H])c1-c1ccccc1. The van der Waals surface area contributed by atoms with Crippen molar-refractivity contribution in [2.24, 2.45) is 0 Å². The zero-order valence-electron chi connectivity index (χ0n) is 35.8. The first kappa shape index (κ1) is 22.7. The third-order valence-corrected chi connectivity index (χ3v) is 9.59. The lowest BCUT2D eigenvalue weighted by Crippen LogP contribution is -2.11. The van der Waals surface area contributed by atoms with Crippen LogP contribution in [0, 0.1) is 0 Å². The van der Waals surface area contributed by atoms with Gasteiger partial charge in [-0.2, -0.15) is 0 Å². The van der Waals surface area contributed by atoms with E-state index in [0.29, 0.717) is 33.5 Å². The van der Waals surface area contributed by atoms with Crippen molar-refractivity contribution in [1.29, 1.82) is 0 Å². The first-order valence-corrected chi connectivity index (χ1v) is 17.1. The van der Waals surface area contributed by atoms with Gasteiger partial charge in [0.2, 0.25) is 0 Å². The molecule has 0 saturated heterocycles. The van der Waals surface area contributed by atoms with Gasteiger partial charge < -0.3 is 9.32 Å². The molecule has 2 nitrogen and oxygen atoms in total. The van der Waals surface area contributed by atoms with E-state index < -0.39 is 24.2 Å². The first-order valence-electron chi connectivity index (χ1n) is 21.1. The van der Waals surface area contributed by atoms with Gasteiger partial charge in [-0.25, -0.2) is 0 Å². The van der Waals surface area contributed by atoms with Crippen molar-refractivity contribution in [3.8, 4) is 33.4 Å². The second-order valence-electron chi connectivity index (χ2n) is 12.7. The van der Waals surface area contributed by atoms with Crippen molar-refractivity contribution in [2.75, 3.05) is 4.90 Å². The molecule has 244 valence electrons. The van der Waals surface area contributed by atoms with Gasteiger partial charge in [-0.1, -0.05) is 152 Å². The zero-order chi connectivity index (χ0) is 41.4. The fourth-order valence-corrected chi connectivity index (χ4v) is 7.10. The Labute approximate surface area is 313 Å². The molecule has 0 amide bonds. The largest absolute Gasteiger partial charge is 0.455 e. The molecule has 0 N–H and O–H groups in total. The topological polar surface area (TPSA) is 16.4 Å². The molecule has 0 aliphatic rings. The number of hydrogen-bond acceptors (Lipinski definition) is 2. The third-order valence-electron chi connectivity index (χ3n) is 9.59. The Balaban J connectivity index is 1.28. The molecule has 52 heavy (non-hydrogen) atoms. The molecule has 10 aromatic rings. The number of rotatable bonds is 6. The Morgan fingerprint density at radius 3 is 1.81 bits per heavy atom. The summed E-state index contributed by atoms with van der Waals surface area (Å²) in [6.45, 7) is 0. The van der Waals surface area contributed by atoms with Gasteiger partial charge in [0, 0.05) is 33.1 Å². The molecule has 0 spiro atoms. The van der Waals surface area contributed by atoms with E-state index in [1.807, 2.05) is 109 Å². The number of benzene rings is 9. The summed E-state index contributed by atoms with van der Waals surface area (Å²) in [5, 5.41) is 5.48. The van der Waals surface area contributed by atoms with E-state index in [9.17, 15) is 11.0 Å². The van der Waals surface area contributed by atoms with E-state index in [-0.39, 0.29) is 46.7 Å². The monoisotopic (exact) mass is 671 g/mol. The van der Waals surface area contributed by atoms with E-state index in [4.69, 9.17) is 4.42 Å². The summed E-state index contributed by atoms with van der Waals surface area (Å²) in [5.41, 5.74) is 3.76. The molecule has 0 radical (unpaired) electrons. The predicted molar refractivity (Wildman–Crippen MR) is 220 cm³/mol. The number of hydrogen-bond donors (Lipinski definition) is 0. The lowest BCUT2D eigenvalue weighted by Gasteiger charge is -2.28. The summed E-state index contributed by atoms with van der Waals surface area (Å²) < 4.78 is 82.4. The normalized spacial score (nSPS) is 13.6. The second-order valence-corrected chi connectivity index (χ2v) is 12.7. The maximum Gasteiger partial charge on any atom is 0.143 e. The van der Waals surface area contributed by atoms with Crippen LogP contribution < -0.4 is 4.90 Å². The molecule has 9 aromatic carbocycles. The fraction of sp³-hybridized carbons (Fsp3) is 0. The molecule has 2 heteroatoms. The molecular formula is C50H33NO. The van der Waals surface area contributed by atoms with E-state index in [0.717, 1.165) is 37.9 Å². The number of furan rings is 1. The van der Waals surface area contributed by atoms with Crippen LogP contribution in [-0.2, 0) is 0 Å².